The molecule has 5 heteroatoms. The molecule has 0 saturated heterocycles. The predicted octanol–water partition coefficient (Wildman–Crippen LogP) is 2.72. The van der Waals surface area contributed by atoms with Crippen LogP contribution in [0.15, 0.2) is 18.2 Å². The van der Waals surface area contributed by atoms with Crippen molar-refractivity contribution in [1.82, 2.24) is 4.90 Å². The molecule has 0 spiro atoms. The first-order valence-electron chi connectivity index (χ1n) is 6.92. The van der Waals surface area contributed by atoms with E-state index in [4.69, 9.17) is 14.7 Å². The minimum absolute atomic E-state index is 0.144. The first kappa shape index (κ1) is 16.8. The molecular formula is C16H22N2O3. The summed E-state index contributed by atoms with van der Waals surface area (Å²) in [5.74, 6) is 1.13. The number of carbonyl (C=O) groups excluding carboxylic acids is 1. The Hall–Kier alpha value is -2.22. The molecule has 0 unspecified atom stereocenters. The number of nitrogens with zero attached hydrogens (tertiary/aromatic N) is 2. The third kappa shape index (κ3) is 4.38. The van der Waals surface area contributed by atoms with Crippen LogP contribution in [0.5, 0.6) is 11.5 Å². The van der Waals surface area contributed by atoms with Crippen molar-refractivity contribution in [2.75, 3.05) is 27.3 Å². The molecule has 1 aromatic carbocycles. The number of hydrogen-bond acceptors (Lipinski definition) is 4. The van der Waals surface area contributed by atoms with Crippen molar-refractivity contribution in [1.29, 1.82) is 5.26 Å². The lowest BCUT2D eigenvalue weighted by molar-refractivity contribution is 0.0736. The fourth-order valence-corrected chi connectivity index (χ4v) is 2.13. The average molecular weight is 290 g/mol. The van der Waals surface area contributed by atoms with E-state index in [-0.39, 0.29) is 5.91 Å². The standard InChI is InChI=1S/C16H22N2O3/c1-12(2)11-18(10-6-9-17)16(19)13-7-5-8-14(20-3)15(13)21-4/h5,7-8,12H,6,10-11H2,1-4H3. The normalized spacial score (nSPS) is 10.1. The predicted molar refractivity (Wildman–Crippen MR) is 80.5 cm³/mol. The average Bonchev–Trinajstić information content (AvgIpc) is 2.49. The van der Waals surface area contributed by atoms with Gasteiger partial charge in [0.05, 0.1) is 32.3 Å². The molecule has 0 N–H and O–H groups in total. The van der Waals surface area contributed by atoms with Gasteiger partial charge in [-0.25, -0.2) is 0 Å². The molecule has 1 rings (SSSR count). The molecule has 0 radical (unpaired) electrons. The zero-order valence-corrected chi connectivity index (χ0v) is 13.0. The Balaban J connectivity index is 3.11. The zero-order valence-electron chi connectivity index (χ0n) is 13.0. The van der Waals surface area contributed by atoms with Crippen molar-refractivity contribution >= 4 is 5.91 Å². The van der Waals surface area contributed by atoms with Crippen LogP contribution < -0.4 is 9.47 Å². The summed E-state index contributed by atoms with van der Waals surface area (Å²) in [6.07, 6.45) is 0.310. The number of hydrogen-bond donors (Lipinski definition) is 0. The van der Waals surface area contributed by atoms with Gasteiger partial charge in [-0.3, -0.25) is 4.79 Å². The summed E-state index contributed by atoms with van der Waals surface area (Å²) in [6, 6.07) is 7.29. The Morgan fingerprint density at radius 3 is 2.57 bits per heavy atom. The first-order valence-corrected chi connectivity index (χ1v) is 6.92. The molecule has 0 bridgehead atoms. The van der Waals surface area contributed by atoms with E-state index in [1.54, 1.807) is 23.1 Å². The Morgan fingerprint density at radius 2 is 2.05 bits per heavy atom. The second-order valence-corrected chi connectivity index (χ2v) is 5.09. The van der Waals surface area contributed by atoms with Gasteiger partial charge in [-0.1, -0.05) is 19.9 Å². The summed E-state index contributed by atoms with van der Waals surface area (Å²) < 4.78 is 10.5. The molecule has 0 aliphatic heterocycles. The van der Waals surface area contributed by atoms with Crippen LogP contribution in [0.1, 0.15) is 30.6 Å². The third-order valence-corrected chi connectivity index (χ3v) is 3.00. The second kappa shape index (κ2) is 8.15. The molecular weight excluding hydrogens is 268 g/mol. The van der Waals surface area contributed by atoms with Gasteiger partial charge in [0.2, 0.25) is 0 Å². The smallest absolute Gasteiger partial charge is 0.257 e. The number of ether oxygens (including phenoxy) is 2. The van der Waals surface area contributed by atoms with E-state index >= 15 is 0 Å². The summed E-state index contributed by atoms with van der Waals surface area (Å²) in [4.78, 5) is 14.4. The van der Waals surface area contributed by atoms with E-state index in [1.165, 1.54) is 14.2 Å². The first-order chi connectivity index (χ1) is 10.0. The number of para-hydroxylation sites is 1. The van der Waals surface area contributed by atoms with Crippen LogP contribution in [-0.4, -0.2) is 38.1 Å². The Bertz CT molecular complexity index is 521. The minimum Gasteiger partial charge on any atom is -0.493 e. The quantitative estimate of drug-likeness (QED) is 0.774. The van der Waals surface area contributed by atoms with Crippen LogP contribution in [0.3, 0.4) is 0 Å². The fraction of sp³-hybridized carbons (Fsp3) is 0.500. The van der Waals surface area contributed by atoms with Crippen molar-refractivity contribution < 1.29 is 14.3 Å². The molecule has 0 heterocycles. The largest absolute Gasteiger partial charge is 0.493 e. The van der Waals surface area contributed by atoms with E-state index in [0.29, 0.717) is 42.5 Å². The highest BCUT2D eigenvalue weighted by atomic mass is 16.5. The highest BCUT2D eigenvalue weighted by Gasteiger charge is 2.22. The van der Waals surface area contributed by atoms with E-state index in [0.717, 1.165) is 0 Å². The van der Waals surface area contributed by atoms with E-state index < -0.39 is 0 Å². The van der Waals surface area contributed by atoms with Crippen LogP contribution in [0.4, 0.5) is 0 Å². The maximum atomic E-state index is 12.7. The fourth-order valence-electron chi connectivity index (χ4n) is 2.13. The highest BCUT2D eigenvalue weighted by molar-refractivity contribution is 5.97. The molecule has 0 fully saturated rings. The number of carbonyl (C=O) groups is 1. The van der Waals surface area contributed by atoms with Crippen molar-refractivity contribution in [2.24, 2.45) is 5.92 Å². The van der Waals surface area contributed by atoms with Gasteiger partial charge < -0.3 is 14.4 Å². The van der Waals surface area contributed by atoms with Crippen LogP contribution in [-0.2, 0) is 0 Å². The van der Waals surface area contributed by atoms with Gasteiger partial charge in [0.25, 0.3) is 5.91 Å². The molecule has 0 aliphatic rings. The summed E-state index contributed by atoms with van der Waals surface area (Å²) in [5, 5.41) is 8.75. The van der Waals surface area contributed by atoms with Gasteiger partial charge in [0.15, 0.2) is 11.5 Å². The Kier molecular flexibility index (Phi) is 6.54. The molecule has 1 aromatic rings. The van der Waals surface area contributed by atoms with E-state index in [1.807, 2.05) is 13.8 Å². The lowest BCUT2D eigenvalue weighted by Gasteiger charge is -2.24. The van der Waals surface area contributed by atoms with E-state index in [9.17, 15) is 4.79 Å². The molecule has 5 nitrogen and oxygen atoms in total. The SMILES string of the molecule is COc1cccc(C(=O)N(CCC#N)CC(C)C)c1OC. The minimum atomic E-state index is -0.144. The van der Waals surface area contributed by atoms with Crippen molar-refractivity contribution in [3.63, 3.8) is 0 Å². The summed E-state index contributed by atoms with van der Waals surface area (Å²) in [6.45, 7) is 5.08. The lowest BCUT2D eigenvalue weighted by atomic mass is 10.1. The number of amides is 1. The van der Waals surface area contributed by atoms with Gasteiger partial charge in [-0.15, -0.1) is 0 Å². The Labute approximate surface area is 126 Å². The summed E-state index contributed by atoms with van der Waals surface area (Å²) in [5.41, 5.74) is 0.454. The van der Waals surface area contributed by atoms with Crippen molar-refractivity contribution in [2.45, 2.75) is 20.3 Å². The summed E-state index contributed by atoms with van der Waals surface area (Å²) >= 11 is 0. The summed E-state index contributed by atoms with van der Waals surface area (Å²) in [7, 11) is 3.05. The number of benzene rings is 1. The second-order valence-electron chi connectivity index (χ2n) is 5.09. The topological polar surface area (TPSA) is 62.6 Å². The lowest BCUT2D eigenvalue weighted by Crippen LogP contribution is -2.35. The maximum absolute atomic E-state index is 12.7. The zero-order chi connectivity index (χ0) is 15.8. The van der Waals surface area contributed by atoms with Crippen LogP contribution >= 0.6 is 0 Å². The molecule has 0 aliphatic carbocycles. The third-order valence-electron chi connectivity index (χ3n) is 3.00. The van der Waals surface area contributed by atoms with Crippen molar-refractivity contribution in [3.8, 4) is 17.6 Å². The van der Waals surface area contributed by atoms with Crippen LogP contribution in [0.2, 0.25) is 0 Å². The number of rotatable bonds is 7. The molecule has 0 saturated carbocycles. The van der Waals surface area contributed by atoms with Gasteiger partial charge in [0, 0.05) is 13.1 Å². The number of nitriles is 1. The monoisotopic (exact) mass is 290 g/mol. The van der Waals surface area contributed by atoms with Gasteiger partial charge in [-0.2, -0.15) is 5.26 Å². The number of methoxy groups -OCH3 is 2. The van der Waals surface area contributed by atoms with Gasteiger partial charge in [-0.05, 0) is 18.1 Å². The van der Waals surface area contributed by atoms with Crippen molar-refractivity contribution in [3.05, 3.63) is 23.8 Å². The molecule has 0 atom stereocenters. The van der Waals surface area contributed by atoms with Gasteiger partial charge in [0.1, 0.15) is 0 Å². The van der Waals surface area contributed by atoms with Gasteiger partial charge >= 0.3 is 0 Å². The van der Waals surface area contributed by atoms with E-state index in [2.05, 4.69) is 6.07 Å². The Morgan fingerprint density at radius 1 is 1.33 bits per heavy atom. The van der Waals surface area contributed by atoms with Crippen LogP contribution in [0.25, 0.3) is 0 Å². The molecule has 1 amide bonds. The highest BCUT2D eigenvalue weighted by Crippen LogP contribution is 2.31. The maximum Gasteiger partial charge on any atom is 0.257 e. The molecule has 21 heavy (non-hydrogen) atoms. The molecule has 114 valence electrons. The molecule has 0 aromatic heterocycles. The van der Waals surface area contributed by atoms with Crippen LogP contribution in [0, 0.1) is 17.2 Å².